The third-order valence-corrected chi connectivity index (χ3v) is 22.4. The van der Waals surface area contributed by atoms with Crippen molar-refractivity contribution < 1.29 is 62.8 Å². The van der Waals surface area contributed by atoms with E-state index < -0.39 is 115 Å². The van der Waals surface area contributed by atoms with Crippen molar-refractivity contribution in [1.82, 2.24) is 0 Å². The Morgan fingerprint density at radius 3 is 1.46 bits per heavy atom. The van der Waals surface area contributed by atoms with Crippen LogP contribution in [0, 0.1) is 6.92 Å². The van der Waals surface area contributed by atoms with E-state index in [-0.39, 0.29) is 39.0 Å². The van der Waals surface area contributed by atoms with Crippen molar-refractivity contribution >= 4 is 108 Å². The standard InChI is InChI=1S/C37H40Cl2N8O14S4/c1-5-23-13-30-33(17-29(23)39)65(59,60,61)19-63(53,54,55)27-11-7-9-25(15-27)47-37(49)35(22(4)45-47)43-41-31-16-28(38)20(2)12-32(31)64(56,57,58)18-62(50,51,52)26-10-6-8-24(14-26)46-36(48)34(42-40-30)21(3)44-46/h6-17,34-35H,5,18-19H2,1-4H3,(H2,50,51,52)(H2,53,54,55)(H2,56,57,58)(H2,59,60,61)/p-4. The molecule has 0 fully saturated rings. The van der Waals surface area contributed by atoms with Crippen LogP contribution in [0.4, 0.5) is 22.7 Å². The van der Waals surface area contributed by atoms with Gasteiger partial charge >= 0.3 is 0 Å². The van der Waals surface area contributed by atoms with Gasteiger partial charge in [-0.15, -0.1) is 0 Å². The Kier molecular flexibility index (Phi) is 11.0. The fourth-order valence-electron chi connectivity index (χ4n) is 7.02. The first-order chi connectivity index (χ1) is 29.6. The number of azo groups is 2. The number of sulfone groups is 4. The smallest absolute Gasteiger partial charge is 0.280 e. The van der Waals surface area contributed by atoms with E-state index in [0.717, 1.165) is 54.6 Å². The van der Waals surface area contributed by atoms with Crippen molar-refractivity contribution in [2.24, 2.45) is 30.7 Å². The van der Waals surface area contributed by atoms with E-state index in [9.17, 15) is 62.8 Å². The predicted molar refractivity (Wildman–Crippen MR) is 237 cm³/mol. The van der Waals surface area contributed by atoms with Crippen LogP contribution >= 0.6 is 23.2 Å². The van der Waals surface area contributed by atoms with Gasteiger partial charge in [-0.3, -0.25) is 26.4 Å². The van der Waals surface area contributed by atoms with Gasteiger partial charge in [0, 0.05) is 19.8 Å². The second-order valence-electron chi connectivity index (χ2n) is 15.5. The zero-order valence-corrected chi connectivity index (χ0v) is 38.8. The summed E-state index contributed by atoms with van der Waals surface area (Å²) in [5, 5.41) is 19.5. The molecule has 3 aliphatic rings. The van der Waals surface area contributed by atoms with Gasteiger partial charge in [0.2, 0.25) is 0 Å². The van der Waals surface area contributed by atoms with Gasteiger partial charge in [0.15, 0.2) is 12.1 Å². The number of nitrogens with zero attached hydrogens (tertiary/aromatic N) is 8. The van der Waals surface area contributed by atoms with Crippen LogP contribution in [0.3, 0.4) is 0 Å². The molecule has 28 heteroatoms. The molecule has 8 bridgehead atoms. The first-order valence-electron chi connectivity index (χ1n) is 18.6. The number of hydrogen-bond donors (Lipinski definition) is 4. The lowest BCUT2D eigenvalue weighted by Crippen LogP contribution is -2.50. The van der Waals surface area contributed by atoms with Gasteiger partial charge in [0.1, 0.15) is 11.4 Å². The van der Waals surface area contributed by atoms with Crippen molar-refractivity contribution in [3.63, 3.8) is 0 Å². The quantitative estimate of drug-likeness (QED) is 0.161. The van der Waals surface area contributed by atoms with Gasteiger partial charge in [0.05, 0.1) is 42.8 Å². The second-order valence-corrected chi connectivity index (χ2v) is 27.9. The highest BCUT2D eigenvalue weighted by molar-refractivity contribution is 8.26. The highest BCUT2D eigenvalue weighted by atomic mass is 35.5. The molecule has 65 heavy (non-hydrogen) atoms. The molecule has 22 nitrogen and oxygen atoms in total. The first-order valence-corrected chi connectivity index (χ1v) is 27.4. The third-order valence-electron chi connectivity index (χ3n) is 10.3. The molecule has 0 radical (unpaired) electrons. The minimum atomic E-state index is -7.10. The van der Waals surface area contributed by atoms with Crippen molar-refractivity contribution in [3.05, 3.63) is 94.0 Å². The molecule has 350 valence electrons. The number of carbonyl (C=O) groups excluding carboxylic acids is 2. The molecule has 0 saturated heterocycles. The van der Waals surface area contributed by atoms with Crippen LogP contribution in [0.1, 0.15) is 31.9 Å². The van der Waals surface area contributed by atoms with Crippen molar-refractivity contribution in [2.75, 3.05) is 20.2 Å². The molecule has 3 heterocycles. The van der Waals surface area contributed by atoms with Gasteiger partial charge in [-0.2, -0.15) is 40.7 Å². The minimum absolute atomic E-state index is 0.0256. The summed E-state index contributed by atoms with van der Waals surface area (Å²) in [7, 11) is -28.1. The average molecular weight is 1020 g/mol. The van der Waals surface area contributed by atoms with E-state index in [2.05, 4.69) is 30.7 Å². The van der Waals surface area contributed by atoms with Crippen LogP contribution in [0.25, 0.3) is 0 Å². The summed E-state index contributed by atoms with van der Waals surface area (Å²) in [6.45, 7) is 5.43. The number of carbonyl (C=O) groups is 2. The van der Waals surface area contributed by atoms with Gasteiger partial charge in [0.25, 0.3) is 11.8 Å². The van der Waals surface area contributed by atoms with E-state index >= 15 is 0 Å². The Bertz CT molecular complexity index is 3220. The Labute approximate surface area is 379 Å². The molecule has 0 spiro atoms. The zero-order valence-electron chi connectivity index (χ0n) is 34.0. The molecule has 2 atom stereocenters. The minimum Gasteiger partial charge on any atom is -0.765 e. The maximum atomic E-state index is 14.2. The molecule has 2 unspecified atom stereocenters. The fraction of sp³-hybridized carbons (Fsp3) is 0.243. The largest absolute Gasteiger partial charge is 0.765 e. The van der Waals surface area contributed by atoms with Crippen molar-refractivity contribution in [1.29, 1.82) is 0 Å². The lowest BCUT2D eigenvalue weighted by molar-refractivity contribution is -0.118. The molecule has 0 saturated carbocycles. The summed E-state index contributed by atoms with van der Waals surface area (Å²) >= 11 is 12.6. The monoisotopic (exact) mass is 1010 g/mol. The Morgan fingerprint density at radius 2 is 1.03 bits per heavy atom. The van der Waals surface area contributed by atoms with E-state index in [4.69, 9.17) is 23.2 Å². The van der Waals surface area contributed by atoms with Crippen LogP contribution in [-0.4, -0.2) is 98.7 Å². The van der Waals surface area contributed by atoms with Crippen LogP contribution in [0.2, 0.25) is 10.0 Å². The van der Waals surface area contributed by atoms with E-state index in [1.165, 1.54) is 20.8 Å². The molecule has 0 aliphatic carbocycles. The SMILES string of the molecule is CCc1cc2c(cc1Cl)S(=O)([O-])(O)CS(=O)([O-])(O)c1cccc(c1)N1N=C(C)C(N=Nc3cc(Cl)c(C)cc3S(=O)([O-])(O)CS(=O)([O-])(O)c3cccc(c3)N3N=C(C)C(N=N2)C3=O)C1=O. The number of hydrogen-bond acceptors (Lipinski definition) is 16. The first kappa shape index (κ1) is 48.2. The maximum Gasteiger partial charge on any atom is 0.280 e. The normalized spacial score (nSPS) is 27.0. The molecular weight excluding hydrogens is 980 g/mol. The fourth-order valence-corrected chi connectivity index (χ4v) is 18.7. The molecule has 4 aromatic rings. The summed E-state index contributed by atoms with van der Waals surface area (Å²) in [4.78, 5) is 22.8. The van der Waals surface area contributed by atoms with E-state index in [1.54, 1.807) is 6.92 Å². The van der Waals surface area contributed by atoms with E-state index in [1.807, 2.05) is 0 Å². The van der Waals surface area contributed by atoms with Crippen LogP contribution in [0.15, 0.2) is 123 Å². The molecule has 4 aromatic carbocycles. The number of halogens is 2. The molecule has 7 rings (SSSR count). The second kappa shape index (κ2) is 14.9. The number of rotatable bonds is 1. The average Bonchev–Trinajstić information content (AvgIpc) is 3.63. The highest BCUT2D eigenvalue weighted by Gasteiger charge is 2.43. The number of anilines is 2. The maximum absolute atomic E-state index is 14.2. The summed E-state index contributed by atoms with van der Waals surface area (Å²) in [5.41, 5.74) is -2.47. The number of amides is 2. The third kappa shape index (κ3) is 8.95. The Balaban J connectivity index is 1.45. The molecule has 0 aromatic heterocycles. The number of fused-ring (bicyclic) bond motifs is 12. The molecule has 4 N–H and O–H groups in total. The predicted octanol–water partition coefficient (Wildman–Crippen LogP) is 6.37. The summed E-state index contributed by atoms with van der Waals surface area (Å²) in [6, 6.07) is 6.99. The zero-order chi connectivity index (χ0) is 48.2. The number of hydrazone groups is 2. The lowest BCUT2D eigenvalue weighted by Gasteiger charge is -2.54. The van der Waals surface area contributed by atoms with Crippen molar-refractivity contribution in [3.8, 4) is 0 Å². The molecule has 2 amide bonds. The van der Waals surface area contributed by atoms with Crippen LogP contribution in [-0.2, 0) is 54.5 Å². The summed E-state index contributed by atoms with van der Waals surface area (Å²) in [6.07, 6.45) is 0.131. The van der Waals surface area contributed by atoms with Crippen LogP contribution < -0.4 is 10.0 Å². The lowest BCUT2D eigenvalue weighted by atomic mass is 10.1. The highest BCUT2D eigenvalue weighted by Crippen LogP contribution is 2.48. The Hall–Kier alpha value is -4.78. The summed E-state index contributed by atoms with van der Waals surface area (Å²) in [5.74, 6) is -2.14. The van der Waals surface area contributed by atoms with Crippen LogP contribution in [0.5, 0.6) is 0 Å². The van der Waals surface area contributed by atoms with Gasteiger partial charge in [-0.05, 0) is 137 Å². The Morgan fingerprint density at radius 1 is 0.615 bits per heavy atom. The van der Waals surface area contributed by atoms with Crippen molar-refractivity contribution in [2.45, 2.75) is 65.8 Å². The van der Waals surface area contributed by atoms with Gasteiger partial charge in [-0.1, -0.05) is 42.3 Å². The molecule has 3 aliphatic heterocycles. The van der Waals surface area contributed by atoms with Gasteiger partial charge < -0.3 is 36.4 Å². The number of aryl methyl sites for hydroxylation is 2. The summed E-state index contributed by atoms with van der Waals surface area (Å²) < 4.78 is 158. The topological polar surface area (TPSA) is 356 Å². The molecular formula is C37H36Cl2N8O14S4-4. The number of benzene rings is 4. The van der Waals surface area contributed by atoms with Gasteiger partial charge in [-0.25, -0.2) is 0 Å². The van der Waals surface area contributed by atoms with E-state index in [0.29, 0.717) is 28.2 Å².